The van der Waals surface area contributed by atoms with Crippen LogP contribution in [0.15, 0.2) is 18.2 Å². The van der Waals surface area contributed by atoms with E-state index < -0.39 is 0 Å². The molecule has 1 spiro atoms. The van der Waals surface area contributed by atoms with Crippen LogP contribution in [0, 0.1) is 11.3 Å². The number of benzene rings is 1. The molecule has 2 heteroatoms. The van der Waals surface area contributed by atoms with Crippen LogP contribution in [0.4, 0.5) is 0 Å². The average Bonchev–Trinajstić information content (AvgIpc) is 2.92. The Balaban J connectivity index is 1.92. The molecule has 0 unspecified atom stereocenters. The molecule has 0 N–H and O–H groups in total. The van der Waals surface area contributed by atoms with Crippen molar-refractivity contribution in [3.8, 4) is 5.75 Å². The van der Waals surface area contributed by atoms with E-state index in [0.29, 0.717) is 11.7 Å². The summed E-state index contributed by atoms with van der Waals surface area (Å²) in [4.78, 5) is 12.6. The smallest absolute Gasteiger partial charge is 0.139 e. The van der Waals surface area contributed by atoms with Gasteiger partial charge in [-0.15, -0.1) is 0 Å². The molecule has 0 heterocycles. The molecule has 3 aliphatic rings. The topological polar surface area (TPSA) is 26.3 Å². The molecule has 4 rings (SSSR count). The Labute approximate surface area is 120 Å². The predicted octanol–water partition coefficient (Wildman–Crippen LogP) is 3.66. The third-order valence-electron chi connectivity index (χ3n) is 6.53. The Morgan fingerprint density at radius 1 is 1.30 bits per heavy atom. The first-order valence-corrected chi connectivity index (χ1v) is 7.82. The van der Waals surface area contributed by atoms with Gasteiger partial charge < -0.3 is 4.74 Å². The van der Waals surface area contributed by atoms with Gasteiger partial charge in [0.05, 0.1) is 7.11 Å². The van der Waals surface area contributed by atoms with E-state index in [1.54, 1.807) is 7.11 Å². The molecule has 106 valence electrons. The average molecular weight is 270 g/mol. The molecule has 2 fully saturated rings. The van der Waals surface area contributed by atoms with Crippen molar-refractivity contribution in [1.82, 2.24) is 0 Å². The molecule has 2 nitrogen and oxygen atoms in total. The highest BCUT2D eigenvalue weighted by Crippen LogP contribution is 2.66. The highest BCUT2D eigenvalue weighted by molar-refractivity contribution is 5.90. The Morgan fingerprint density at radius 2 is 2.15 bits per heavy atom. The van der Waals surface area contributed by atoms with Gasteiger partial charge in [0.2, 0.25) is 0 Å². The molecule has 2 saturated carbocycles. The Hall–Kier alpha value is -1.31. The highest BCUT2D eigenvalue weighted by atomic mass is 16.5. The molecule has 20 heavy (non-hydrogen) atoms. The number of hydrogen-bond donors (Lipinski definition) is 0. The van der Waals surface area contributed by atoms with Crippen molar-refractivity contribution in [2.24, 2.45) is 11.3 Å². The van der Waals surface area contributed by atoms with Crippen LogP contribution in [0.25, 0.3) is 0 Å². The minimum atomic E-state index is -0.115. The highest BCUT2D eigenvalue weighted by Gasteiger charge is 2.64. The maximum absolute atomic E-state index is 12.6. The van der Waals surface area contributed by atoms with Gasteiger partial charge in [0.1, 0.15) is 11.5 Å². The lowest BCUT2D eigenvalue weighted by Gasteiger charge is -2.49. The number of Topliss-reactive ketones (excluding diaryl/α,β-unsaturated/α-hetero) is 1. The first-order chi connectivity index (χ1) is 9.62. The molecule has 0 radical (unpaired) electrons. The second kappa shape index (κ2) is 3.87. The molecular weight excluding hydrogens is 248 g/mol. The van der Waals surface area contributed by atoms with Gasteiger partial charge in [-0.3, -0.25) is 4.79 Å². The summed E-state index contributed by atoms with van der Waals surface area (Å²) < 4.78 is 5.38. The standard InChI is InChI=1S/C18H22O2/c1-17-8-3-4-13-10-12-11-14(20-2)5-6-15(12)18(13,17)9-7-16(17)19/h5-6,11,13H,3-4,7-10H2,1-2H3/t13-,17-,18-/m1/s1. The summed E-state index contributed by atoms with van der Waals surface area (Å²) in [5, 5.41) is 0. The van der Waals surface area contributed by atoms with Crippen molar-refractivity contribution < 1.29 is 9.53 Å². The number of ether oxygens (including phenoxy) is 1. The Kier molecular flexibility index (Phi) is 2.40. The normalized spacial score (nSPS) is 38.3. The maximum atomic E-state index is 12.6. The van der Waals surface area contributed by atoms with Crippen LogP contribution in [-0.2, 0) is 16.6 Å². The van der Waals surface area contributed by atoms with E-state index in [0.717, 1.165) is 31.4 Å². The molecule has 1 aromatic carbocycles. The summed E-state index contributed by atoms with van der Waals surface area (Å²) in [5.41, 5.74) is 2.90. The number of rotatable bonds is 1. The van der Waals surface area contributed by atoms with Crippen molar-refractivity contribution >= 4 is 5.78 Å². The van der Waals surface area contributed by atoms with E-state index in [2.05, 4.69) is 25.1 Å². The monoisotopic (exact) mass is 270 g/mol. The summed E-state index contributed by atoms with van der Waals surface area (Å²) in [5.74, 6) is 2.12. The van der Waals surface area contributed by atoms with Crippen molar-refractivity contribution in [1.29, 1.82) is 0 Å². The van der Waals surface area contributed by atoms with E-state index >= 15 is 0 Å². The zero-order valence-corrected chi connectivity index (χ0v) is 12.4. The lowest BCUT2D eigenvalue weighted by Crippen LogP contribution is -2.49. The summed E-state index contributed by atoms with van der Waals surface area (Å²) >= 11 is 0. The fraction of sp³-hybridized carbons (Fsp3) is 0.611. The second-order valence-corrected chi connectivity index (χ2v) is 7.04. The quantitative estimate of drug-likeness (QED) is 0.778. The van der Waals surface area contributed by atoms with Crippen LogP contribution >= 0.6 is 0 Å². The van der Waals surface area contributed by atoms with Crippen LogP contribution in [0.5, 0.6) is 5.75 Å². The van der Waals surface area contributed by atoms with Crippen LogP contribution in [-0.4, -0.2) is 12.9 Å². The molecule has 1 aromatic rings. The van der Waals surface area contributed by atoms with Gasteiger partial charge in [0, 0.05) is 17.3 Å². The summed E-state index contributed by atoms with van der Waals surface area (Å²) in [6, 6.07) is 6.52. The minimum absolute atomic E-state index is 0.115. The molecule has 3 aliphatic carbocycles. The van der Waals surface area contributed by atoms with E-state index in [1.807, 2.05) is 0 Å². The van der Waals surface area contributed by atoms with Crippen molar-refractivity contribution in [3.63, 3.8) is 0 Å². The predicted molar refractivity (Wildman–Crippen MR) is 78.1 cm³/mol. The van der Waals surface area contributed by atoms with Gasteiger partial charge in [-0.2, -0.15) is 0 Å². The van der Waals surface area contributed by atoms with Crippen molar-refractivity contribution in [2.45, 2.75) is 50.9 Å². The van der Waals surface area contributed by atoms with E-state index in [1.165, 1.54) is 24.0 Å². The lowest BCUT2D eigenvalue weighted by atomic mass is 9.53. The molecule has 0 aliphatic heterocycles. The zero-order valence-electron chi connectivity index (χ0n) is 12.4. The molecule has 0 saturated heterocycles. The minimum Gasteiger partial charge on any atom is -0.497 e. The number of ketones is 1. The van der Waals surface area contributed by atoms with E-state index in [4.69, 9.17) is 4.74 Å². The summed E-state index contributed by atoms with van der Waals surface area (Å²) in [7, 11) is 1.73. The number of methoxy groups -OCH3 is 1. The van der Waals surface area contributed by atoms with Crippen molar-refractivity contribution in [3.05, 3.63) is 29.3 Å². The number of fused-ring (bicyclic) bond motifs is 1. The zero-order chi connectivity index (χ0) is 14.0. The third kappa shape index (κ3) is 1.23. The fourth-order valence-electron chi connectivity index (χ4n) is 5.57. The SMILES string of the molecule is COc1ccc2c(c1)C[C@H]1CCC[C@]3(C)C(=O)CC[C@]213. The van der Waals surface area contributed by atoms with Crippen LogP contribution in [0.2, 0.25) is 0 Å². The van der Waals surface area contributed by atoms with Gasteiger partial charge in [0.15, 0.2) is 0 Å². The number of hydrogen-bond acceptors (Lipinski definition) is 2. The summed E-state index contributed by atoms with van der Waals surface area (Å²) in [6.07, 6.45) is 6.54. The van der Waals surface area contributed by atoms with Gasteiger partial charge in [-0.05, 0) is 54.9 Å². The van der Waals surface area contributed by atoms with Crippen LogP contribution < -0.4 is 4.74 Å². The fourth-order valence-corrected chi connectivity index (χ4v) is 5.57. The van der Waals surface area contributed by atoms with Gasteiger partial charge in [0.25, 0.3) is 0 Å². The Bertz CT molecular complexity index is 591. The van der Waals surface area contributed by atoms with Gasteiger partial charge in [-0.25, -0.2) is 0 Å². The number of carbonyl (C=O) groups is 1. The van der Waals surface area contributed by atoms with Crippen LogP contribution in [0.1, 0.15) is 50.2 Å². The van der Waals surface area contributed by atoms with Crippen LogP contribution in [0.3, 0.4) is 0 Å². The Morgan fingerprint density at radius 3 is 2.95 bits per heavy atom. The largest absolute Gasteiger partial charge is 0.497 e. The molecule has 3 atom stereocenters. The molecular formula is C18H22O2. The lowest BCUT2D eigenvalue weighted by molar-refractivity contribution is -0.129. The van der Waals surface area contributed by atoms with E-state index in [-0.39, 0.29) is 10.8 Å². The summed E-state index contributed by atoms with van der Waals surface area (Å²) in [6.45, 7) is 2.24. The number of carbonyl (C=O) groups excluding carboxylic acids is 1. The van der Waals surface area contributed by atoms with Gasteiger partial charge in [-0.1, -0.05) is 19.4 Å². The van der Waals surface area contributed by atoms with Crippen molar-refractivity contribution in [2.75, 3.05) is 7.11 Å². The molecule has 0 aromatic heterocycles. The first-order valence-electron chi connectivity index (χ1n) is 7.82. The molecule has 0 bridgehead atoms. The van der Waals surface area contributed by atoms with Gasteiger partial charge >= 0.3 is 0 Å². The maximum Gasteiger partial charge on any atom is 0.139 e. The first kappa shape index (κ1) is 12.4. The molecule has 0 amide bonds. The second-order valence-electron chi connectivity index (χ2n) is 7.04. The third-order valence-corrected chi connectivity index (χ3v) is 6.53. The van der Waals surface area contributed by atoms with E-state index in [9.17, 15) is 4.79 Å².